The van der Waals surface area contributed by atoms with E-state index in [0.29, 0.717) is 13.2 Å². The summed E-state index contributed by atoms with van der Waals surface area (Å²) in [5.41, 5.74) is 1.80. The molecule has 6 heteroatoms. The summed E-state index contributed by atoms with van der Waals surface area (Å²) in [5, 5.41) is 2.91. The van der Waals surface area contributed by atoms with Crippen molar-refractivity contribution in [3.63, 3.8) is 0 Å². The third-order valence-electron chi connectivity index (χ3n) is 3.95. The van der Waals surface area contributed by atoms with Crippen LogP contribution in [0.1, 0.15) is 37.1 Å². The lowest BCUT2D eigenvalue weighted by molar-refractivity contribution is -0.130. The molecule has 114 valence electrons. The Morgan fingerprint density at radius 3 is 2.90 bits per heavy atom. The molecule has 2 aliphatic rings. The molecule has 0 bridgehead atoms. The van der Waals surface area contributed by atoms with E-state index in [1.54, 1.807) is 0 Å². The number of anilines is 1. The van der Waals surface area contributed by atoms with Gasteiger partial charge in [0.1, 0.15) is 6.10 Å². The zero-order valence-corrected chi connectivity index (χ0v) is 12.5. The molecule has 1 aromatic rings. The van der Waals surface area contributed by atoms with E-state index in [1.807, 2.05) is 13.0 Å². The topological polar surface area (TPSA) is 67.3 Å². The van der Waals surface area contributed by atoms with Gasteiger partial charge in [-0.25, -0.2) is 9.97 Å². The van der Waals surface area contributed by atoms with E-state index in [9.17, 15) is 4.79 Å². The first-order valence-corrected chi connectivity index (χ1v) is 7.71. The zero-order valence-electron chi connectivity index (χ0n) is 12.5. The fourth-order valence-corrected chi connectivity index (χ4v) is 2.84. The average Bonchev–Trinajstić information content (AvgIpc) is 3.16. The van der Waals surface area contributed by atoms with Gasteiger partial charge in [-0.3, -0.25) is 4.79 Å². The van der Waals surface area contributed by atoms with Gasteiger partial charge in [0, 0.05) is 25.4 Å². The van der Waals surface area contributed by atoms with Crippen LogP contribution in [-0.2, 0) is 16.1 Å². The quantitative estimate of drug-likeness (QED) is 0.902. The van der Waals surface area contributed by atoms with Crippen molar-refractivity contribution >= 4 is 11.9 Å². The lowest BCUT2D eigenvalue weighted by atomic mass is 10.2. The molecule has 3 heterocycles. The summed E-state index contributed by atoms with van der Waals surface area (Å²) < 4.78 is 5.38. The number of hydrogen-bond donors (Lipinski definition) is 1. The SMILES string of the molecule is Cc1cc(CNC(=O)C2CCCO2)nc(N2CCCC2)n1. The Morgan fingerprint density at radius 2 is 2.19 bits per heavy atom. The summed E-state index contributed by atoms with van der Waals surface area (Å²) in [7, 11) is 0. The first-order chi connectivity index (χ1) is 10.2. The molecule has 3 rings (SSSR count). The van der Waals surface area contributed by atoms with Crippen LogP contribution < -0.4 is 10.2 Å². The molecule has 1 aromatic heterocycles. The van der Waals surface area contributed by atoms with Crippen LogP contribution in [0.15, 0.2) is 6.07 Å². The molecule has 0 spiro atoms. The molecule has 0 radical (unpaired) electrons. The molecular formula is C15H22N4O2. The maximum Gasteiger partial charge on any atom is 0.249 e. The Bertz CT molecular complexity index is 508. The predicted molar refractivity (Wildman–Crippen MR) is 79.0 cm³/mol. The highest BCUT2D eigenvalue weighted by molar-refractivity contribution is 5.80. The minimum atomic E-state index is -0.286. The molecule has 2 saturated heterocycles. The standard InChI is InChI=1S/C15H22N4O2/c1-11-9-12(10-16-14(20)13-5-4-8-21-13)18-15(17-11)19-6-2-3-7-19/h9,13H,2-8,10H2,1H3,(H,16,20). The van der Waals surface area contributed by atoms with Crippen molar-refractivity contribution < 1.29 is 9.53 Å². The van der Waals surface area contributed by atoms with E-state index in [1.165, 1.54) is 12.8 Å². The van der Waals surface area contributed by atoms with Gasteiger partial charge < -0.3 is 15.0 Å². The van der Waals surface area contributed by atoms with Crippen LogP contribution in [0.25, 0.3) is 0 Å². The van der Waals surface area contributed by atoms with E-state index in [0.717, 1.165) is 43.3 Å². The second kappa shape index (κ2) is 6.39. The van der Waals surface area contributed by atoms with Gasteiger partial charge in [-0.2, -0.15) is 0 Å². The van der Waals surface area contributed by atoms with E-state index in [2.05, 4.69) is 20.2 Å². The second-order valence-corrected chi connectivity index (χ2v) is 5.71. The number of rotatable bonds is 4. The van der Waals surface area contributed by atoms with Crippen molar-refractivity contribution in [1.82, 2.24) is 15.3 Å². The van der Waals surface area contributed by atoms with Crippen LogP contribution in [0.2, 0.25) is 0 Å². The molecule has 1 N–H and O–H groups in total. The lowest BCUT2D eigenvalue weighted by Crippen LogP contribution is -2.34. The molecule has 1 unspecified atom stereocenters. The molecule has 1 atom stereocenters. The van der Waals surface area contributed by atoms with Crippen molar-refractivity contribution in [3.8, 4) is 0 Å². The first-order valence-electron chi connectivity index (χ1n) is 7.71. The van der Waals surface area contributed by atoms with Crippen molar-refractivity contribution in [2.45, 2.75) is 45.3 Å². The second-order valence-electron chi connectivity index (χ2n) is 5.71. The maximum absolute atomic E-state index is 12.0. The number of nitrogens with one attached hydrogen (secondary N) is 1. The van der Waals surface area contributed by atoms with Crippen molar-refractivity contribution in [2.24, 2.45) is 0 Å². The Hall–Kier alpha value is -1.69. The highest BCUT2D eigenvalue weighted by Gasteiger charge is 2.23. The number of ether oxygens (including phenoxy) is 1. The summed E-state index contributed by atoms with van der Waals surface area (Å²) in [6.45, 7) is 5.12. The molecular weight excluding hydrogens is 268 g/mol. The molecule has 6 nitrogen and oxygen atoms in total. The number of nitrogens with zero attached hydrogens (tertiary/aromatic N) is 3. The van der Waals surface area contributed by atoms with Crippen LogP contribution in [-0.4, -0.2) is 41.7 Å². The van der Waals surface area contributed by atoms with Crippen molar-refractivity contribution in [3.05, 3.63) is 17.5 Å². The third-order valence-corrected chi connectivity index (χ3v) is 3.95. The fraction of sp³-hybridized carbons (Fsp3) is 0.667. The molecule has 2 aliphatic heterocycles. The molecule has 0 saturated carbocycles. The van der Waals surface area contributed by atoms with Gasteiger partial charge in [0.05, 0.1) is 12.2 Å². The van der Waals surface area contributed by atoms with Gasteiger partial charge >= 0.3 is 0 Å². The predicted octanol–water partition coefficient (Wildman–Crippen LogP) is 1.18. The smallest absolute Gasteiger partial charge is 0.249 e. The van der Waals surface area contributed by atoms with Crippen LogP contribution >= 0.6 is 0 Å². The lowest BCUT2D eigenvalue weighted by Gasteiger charge is -2.17. The number of aromatic nitrogens is 2. The molecule has 1 amide bonds. The average molecular weight is 290 g/mol. The van der Waals surface area contributed by atoms with Gasteiger partial charge in [-0.15, -0.1) is 0 Å². The number of carbonyl (C=O) groups excluding carboxylic acids is 1. The zero-order chi connectivity index (χ0) is 14.7. The fourth-order valence-electron chi connectivity index (χ4n) is 2.84. The van der Waals surface area contributed by atoms with E-state index >= 15 is 0 Å². The summed E-state index contributed by atoms with van der Waals surface area (Å²) in [6, 6.07) is 1.93. The highest BCUT2D eigenvalue weighted by Crippen LogP contribution is 2.17. The minimum Gasteiger partial charge on any atom is -0.368 e. The Morgan fingerprint density at radius 1 is 1.38 bits per heavy atom. The summed E-state index contributed by atoms with van der Waals surface area (Å²) in [5.74, 6) is 0.750. The Balaban J connectivity index is 1.63. The number of aryl methyl sites for hydroxylation is 1. The third kappa shape index (κ3) is 3.50. The largest absolute Gasteiger partial charge is 0.368 e. The first kappa shape index (κ1) is 14.3. The molecule has 21 heavy (non-hydrogen) atoms. The number of hydrogen-bond acceptors (Lipinski definition) is 5. The summed E-state index contributed by atoms with van der Waals surface area (Å²) >= 11 is 0. The van der Waals surface area contributed by atoms with Crippen LogP contribution in [0.3, 0.4) is 0 Å². The normalized spacial score (nSPS) is 21.8. The van der Waals surface area contributed by atoms with Gasteiger partial charge in [0.15, 0.2) is 0 Å². The van der Waals surface area contributed by atoms with Crippen LogP contribution in [0.5, 0.6) is 0 Å². The Labute approximate surface area is 124 Å². The van der Waals surface area contributed by atoms with Gasteiger partial charge in [-0.1, -0.05) is 0 Å². The highest BCUT2D eigenvalue weighted by atomic mass is 16.5. The summed E-state index contributed by atoms with van der Waals surface area (Å²) in [6.07, 6.45) is 3.88. The molecule has 2 fully saturated rings. The monoisotopic (exact) mass is 290 g/mol. The van der Waals surface area contributed by atoms with Gasteiger partial charge in [0.25, 0.3) is 0 Å². The van der Waals surface area contributed by atoms with Crippen LogP contribution in [0.4, 0.5) is 5.95 Å². The molecule has 0 aromatic carbocycles. The molecule has 0 aliphatic carbocycles. The maximum atomic E-state index is 12.0. The van der Waals surface area contributed by atoms with Crippen LogP contribution in [0, 0.1) is 6.92 Å². The number of amides is 1. The van der Waals surface area contributed by atoms with Gasteiger partial charge in [-0.05, 0) is 38.7 Å². The van der Waals surface area contributed by atoms with Crippen molar-refractivity contribution in [1.29, 1.82) is 0 Å². The number of carbonyl (C=O) groups is 1. The van der Waals surface area contributed by atoms with E-state index in [-0.39, 0.29) is 12.0 Å². The van der Waals surface area contributed by atoms with Gasteiger partial charge in [0.2, 0.25) is 11.9 Å². The van der Waals surface area contributed by atoms with E-state index < -0.39 is 0 Å². The summed E-state index contributed by atoms with van der Waals surface area (Å²) in [4.78, 5) is 23.2. The minimum absolute atomic E-state index is 0.0357. The Kier molecular flexibility index (Phi) is 4.34. The van der Waals surface area contributed by atoms with E-state index in [4.69, 9.17) is 4.74 Å². The van der Waals surface area contributed by atoms with Crippen molar-refractivity contribution in [2.75, 3.05) is 24.6 Å².